The van der Waals surface area contributed by atoms with Crippen LogP contribution in [-0.4, -0.2) is 31.1 Å². The molecule has 0 unspecified atom stereocenters. The van der Waals surface area contributed by atoms with E-state index in [2.05, 4.69) is 30.4 Å². The first-order valence-electron chi connectivity index (χ1n) is 8.30. The minimum atomic E-state index is -0.00583. The molecule has 2 rings (SSSR count). The summed E-state index contributed by atoms with van der Waals surface area (Å²) in [5.74, 6) is 2.99. The van der Waals surface area contributed by atoms with E-state index in [1.54, 1.807) is 24.9 Å². The zero-order chi connectivity index (χ0) is 18.1. The van der Waals surface area contributed by atoms with Gasteiger partial charge >= 0.3 is 0 Å². The van der Waals surface area contributed by atoms with Gasteiger partial charge < -0.3 is 14.8 Å². The van der Waals surface area contributed by atoms with Crippen molar-refractivity contribution in [3.63, 3.8) is 0 Å². The first-order chi connectivity index (χ1) is 12.1. The summed E-state index contributed by atoms with van der Waals surface area (Å²) in [6, 6.07) is 13.6. The first kappa shape index (κ1) is 19.2. The molecule has 134 valence electrons. The third-order valence-corrected chi connectivity index (χ3v) is 4.66. The summed E-state index contributed by atoms with van der Waals surface area (Å²) in [6.45, 7) is 4.77. The highest BCUT2D eigenvalue weighted by Crippen LogP contribution is 2.20. The number of thioether (sulfide) groups is 1. The van der Waals surface area contributed by atoms with Crippen molar-refractivity contribution in [3.8, 4) is 11.5 Å². The van der Waals surface area contributed by atoms with Crippen molar-refractivity contribution >= 4 is 23.4 Å². The molecule has 0 spiro atoms. The Morgan fingerprint density at radius 3 is 2.80 bits per heavy atom. The Hall–Kier alpha value is -2.14. The molecule has 0 radical (unpaired) electrons. The number of ether oxygens (including phenoxy) is 2. The van der Waals surface area contributed by atoms with Crippen LogP contribution in [0.15, 0.2) is 42.5 Å². The summed E-state index contributed by atoms with van der Waals surface area (Å²) in [5.41, 5.74) is 3.10. The van der Waals surface area contributed by atoms with E-state index >= 15 is 0 Å². The lowest BCUT2D eigenvalue weighted by Gasteiger charge is -2.10. The predicted octanol–water partition coefficient (Wildman–Crippen LogP) is 4.45. The van der Waals surface area contributed by atoms with Gasteiger partial charge in [-0.05, 0) is 55.3 Å². The number of aryl methyl sites for hydroxylation is 2. The number of carbonyl (C=O) groups excluding carboxylic acids is 1. The van der Waals surface area contributed by atoms with Crippen LogP contribution in [0.3, 0.4) is 0 Å². The average molecular weight is 359 g/mol. The second-order valence-electron chi connectivity index (χ2n) is 5.80. The highest BCUT2D eigenvalue weighted by molar-refractivity contribution is 7.99. The van der Waals surface area contributed by atoms with Crippen LogP contribution in [-0.2, 0) is 4.79 Å². The molecule has 0 saturated carbocycles. The van der Waals surface area contributed by atoms with E-state index in [0.29, 0.717) is 12.4 Å². The van der Waals surface area contributed by atoms with Crippen molar-refractivity contribution in [2.75, 3.05) is 30.5 Å². The fourth-order valence-electron chi connectivity index (χ4n) is 2.27. The van der Waals surface area contributed by atoms with Crippen molar-refractivity contribution < 1.29 is 14.3 Å². The molecule has 0 bridgehead atoms. The maximum absolute atomic E-state index is 11.9. The zero-order valence-corrected chi connectivity index (χ0v) is 15.8. The minimum absolute atomic E-state index is 0.00583. The average Bonchev–Trinajstić information content (AvgIpc) is 2.61. The van der Waals surface area contributed by atoms with E-state index in [0.717, 1.165) is 34.9 Å². The summed E-state index contributed by atoms with van der Waals surface area (Å²) in [6.07, 6.45) is 0.907. The molecule has 0 fully saturated rings. The van der Waals surface area contributed by atoms with Crippen LogP contribution in [0.25, 0.3) is 0 Å². The molecule has 0 atom stereocenters. The van der Waals surface area contributed by atoms with Gasteiger partial charge in [0, 0.05) is 11.8 Å². The van der Waals surface area contributed by atoms with Crippen molar-refractivity contribution in [2.45, 2.75) is 20.3 Å². The fourth-order valence-corrected chi connectivity index (χ4v) is 2.99. The molecule has 0 heterocycles. The van der Waals surface area contributed by atoms with Gasteiger partial charge in [0.1, 0.15) is 11.5 Å². The van der Waals surface area contributed by atoms with Crippen LogP contribution in [0.4, 0.5) is 5.69 Å². The molecule has 4 nitrogen and oxygen atoms in total. The highest BCUT2D eigenvalue weighted by Gasteiger charge is 2.04. The molecule has 0 aromatic heterocycles. The number of hydrogen-bond acceptors (Lipinski definition) is 4. The largest absolute Gasteiger partial charge is 0.497 e. The predicted molar refractivity (Wildman–Crippen MR) is 105 cm³/mol. The van der Waals surface area contributed by atoms with Crippen molar-refractivity contribution in [1.29, 1.82) is 0 Å². The zero-order valence-electron chi connectivity index (χ0n) is 15.0. The lowest BCUT2D eigenvalue weighted by atomic mass is 10.1. The van der Waals surface area contributed by atoms with Crippen molar-refractivity contribution in [3.05, 3.63) is 53.6 Å². The van der Waals surface area contributed by atoms with Crippen LogP contribution >= 0.6 is 11.8 Å². The van der Waals surface area contributed by atoms with Gasteiger partial charge in [0.2, 0.25) is 5.91 Å². The monoisotopic (exact) mass is 359 g/mol. The number of hydrogen-bond donors (Lipinski definition) is 1. The molecule has 1 N–H and O–H groups in total. The summed E-state index contributed by atoms with van der Waals surface area (Å²) in [7, 11) is 1.61. The summed E-state index contributed by atoms with van der Waals surface area (Å²) in [4.78, 5) is 11.9. The van der Waals surface area contributed by atoms with Gasteiger partial charge in [0.05, 0.1) is 19.5 Å². The number of carbonyl (C=O) groups is 1. The maximum Gasteiger partial charge on any atom is 0.234 e. The number of methoxy groups -OCH3 is 1. The van der Waals surface area contributed by atoms with Crippen LogP contribution in [0.1, 0.15) is 17.5 Å². The topological polar surface area (TPSA) is 47.6 Å². The lowest BCUT2D eigenvalue weighted by molar-refractivity contribution is -0.113. The maximum atomic E-state index is 11.9. The van der Waals surface area contributed by atoms with Crippen LogP contribution in [0, 0.1) is 13.8 Å². The number of rotatable bonds is 9. The van der Waals surface area contributed by atoms with Crippen molar-refractivity contribution in [1.82, 2.24) is 0 Å². The third-order valence-electron chi connectivity index (χ3n) is 3.62. The van der Waals surface area contributed by atoms with Gasteiger partial charge in [-0.25, -0.2) is 0 Å². The Kier molecular flexibility index (Phi) is 7.67. The quantitative estimate of drug-likeness (QED) is 0.672. The number of benzene rings is 2. The van der Waals surface area contributed by atoms with Crippen LogP contribution in [0.2, 0.25) is 0 Å². The Morgan fingerprint density at radius 1 is 1.16 bits per heavy atom. The van der Waals surface area contributed by atoms with E-state index in [1.165, 1.54) is 5.56 Å². The summed E-state index contributed by atoms with van der Waals surface area (Å²) >= 11 is 1.61. The van der Waals surface area contributed by atoms with E-state index < -0.39 is 0 Å². The smallest absolute Gasteiger partial charge is 0.234 e. The SMILES string of the molecule is COc1cccc(NC(=O)CSCCCOc2cc(C)ccc2C)c1. The number of nitrogens with one attached hydrogen (secondary N) is 1. The normalized spacial score (nSPS) is 10.4. The third kappa shape index (κ3) is 6.70. The summed E-state index contributed by atoms with van der Waals surface area (Å²) < 4.78 is 11.0. The molecule has 2 aromatic carbocycles. The van der Waals surface area contributed by atoms with Gasteiger partial charge in [0.15, 0.2) is 0 Å². The Labute approximate surface area is 153 Å². The second kappa shape index (κ2) is 9.99. The van der Waals surface area contributed by atoms with Gasteiger partial charge in [-0.1, -0.05) is 18.2 Å². The Bertz CT molecular complexity index is 703. The van der Waals surface area contributed by atoms with E-state index in [9.17, 15) is 4.79 Å². The molecule has 0 aliphatic carbocycles. The van der Waals surface area contributed by atoms with E-state index in [1.807, 2.05) is 25.1 Å². The minimum Gasteiger partial charge on any atom is -0.497 e. The highest BCUT2D eigenvalue weighted by atomic mass is 32.2. The van der Waals surface area contributed by atoms with Gasteiger partial charge in [-0.15, -0.1) is 0 Å². The van der Waals surface area contributed by atoms with Gasteiger partial charge in [0.25, 0.3) is 0 Å². The van der Waals surface area contributed by atoms with E-state index in [-0.39, 0.29) is 5.91 Å². The van der Waals surface area contributed by atoms with E-state index in [4.69, 9.17) is 9.47 Å². The Balaban J connectivity index is 1.62. The van der Waals surface area contributed by atoms with Gasteiger partial charge in [-0.2, -0.15) is 11.8 Å². The molecular formula is C20H25NO3S. The molecule has 0 aliphatic heterocycles. The number of anilines is 1. The van der Waals surface area contributed by atoms with Gasteiger partial charge in [-0.3, -0.25) is 4.79 Å². The molecule has 5 heteroatoms. The second-order valence-corrected chi connectivity index (χ2v) is 6.91. The molecule has 0 saturated heterocycles. The van der Waals surface area contributed by atoms with Crippen LogP contribution < -0.4 is 14.8 Å². The molecular weight excluding hydrogens is 334 g/mol. The lowest BCUT2D eigenvalue weighted by Crippen LogP contribution is -2.14. The molecule has 1 amide bonds. The molecule has 2 aromatic rings. The first-order valence-corrected chi connectivity index (χ1v) is 9.45. The fraction of sp³-hybridized carbons (Fsp3) is 0.350. The van der Waals surface area contributed by atoms with Crippen molar-refractivity contribution in [2.24, 2.45) is 0 Å². The number of amides is 1. The summed E-state index contributed by atoms with van der Waals surface area (Å²) in [5, 5.41) is 2.88. The van der Waals surface area contributed by atoms with Crippen LogP contribution in [0.5, 0.6) is 11.5 Å². The Morgan fingerprint density at radius 2 is 2.00 bits per heavy atom. The standard InChI is InChI=1S/C20H25NO3S/c1-15-8-9-16(2)19(12-15)24-10-5-11-25-14-20(22)21-17-6-4-7-18(13-17)23-3/h4,6-9,12-13H,5,10-11,14H2,1-3H3,(H,21,22). The molecule has 0 aliphatic rings. The molecule has 25 heavy (non-hydrogen) atoms.